The second-order valence-corrected chi connectivity index (χ2v) is 3.60. The van der Waals surface area contributed by atoms with Crippen LogP contribution in [0, 0.1) is 10.1 Å². The fourth-order valence-corrected chi connectivity index (χ4v) is 1.44. The molecule has 0 spiro atoms. The lowest BCUT2D eigenvalue weighted by Crippen LogP contribution is -2.26. The van der Waals surface area contributed by atoms with Gasteiger partial charge in [0, 0.05) is 19.7 Å². The van der Waals surface area contributed by atoms with Crippen LogP contribution in [0.5, 0.6) is 0 Å². The van der Waals surface area contributed by atoms with Crippen LogP contribution in [0.15, 0.2) is 12.1 Å². The summed E-state index contributed by atoms with van der Waals surface area (Å²) in [5.41, 5.74) is -0.292. The molecule has 0 unspecified atom stereocenters. The maximum atomic E-state index is 12.3. The number of halogens is 2. The Hall–Kier alpha value is -1.99. The van der Waals surface area contributed by atoms with Crippen LogP contribution in [0.1, 0.15) is 6.92 Å². The number of nitrogens with one attached hydrogen (secondary N) is 1. The number of hydrogen-bond acceptors (Lipinski definition) is 5. The van der Waals surface area contributed by atoms with E-state index in [0.717, 1.165) is 4.90 Å². The van der Waals surface area contributed by atoms with Crippen molar-refractivity contribution in [2.24, 2.45) is 0 Å². The molecule has 1 heterocycles. The van der Waals surface area contributed by atoms with Gasteiger partial charge >= 0.3 is 5.69 Å². The van der Waals surface area contributed by atoms with Crippen LogP contribution < -0.4 is 10.2 Å². The smallest absolute Gasteiger partial charge is 0.311 e. The number of nitro groups is 1. The van der Waals surface area contributed by atoms with Crippen LogP contribution in [-0.2, 0) is 0 Å². The van der Waals surface area contributed by atoms with Crippen LogP contribution in [0.2, 0.25) is 0 Å². The van der Waals surface area contributed by atoms with Gasteiger partial charge in [-0.2, -0.15) is 0 Å². The highest BCUT2D eigenvalue weighted by Gasteiger charge is 2.21. The fraction of sp³-hybridized carbons (Fsp3) is 0.500. The summed E-state index contributed by atoms with van der Waals surface area (Å²) >= 11 is 0. The summed E-state index contributed by atoms with van der Waals surface area (Å²) in [5, 5.41) is 13.7. The molecule has 18 heavy (non-hydrogen) atoms. The first-order chi connectivity index (χ1) is 8.45. The molecule has 100 valence electrons. The first kappa shape index (κ1) is 14.1. The number of nitrogens with zero attached hydrogens (tertiary/aromatic N) is 3. The van der Waals surface area contributed by atoms with Gasteiger partial charge in [0.25, 0.3) is 6.43 Å². The Kier molecular flexibility index (Phi) is 4.75. The predicted molar refractivity (Wildman–Crippen MR) is 64.3 cm³/mol. The average molecular weight is 260 g/mol. The van der Waals surface area contributed by atoms with E-state index in [0.29, 0.717) is 12.4 Å². The summed E-state index contributed by atoms with van der Waals surface area (Å²) in [6.07, 6.45) is -2.58. The molecule has 0 aliphatic heterocycles. The Balaban J connectivity index is 3.10. The fourth-order valence-electron chi connectivity index (χ4n) is 1.44. The minimum absolute atomic E-state index is 0.0706. The Bertz CT molecular complexity index is 428. The van der Waals surface area contributed by atoms with Crippen molar-refractivity contribution in [1.82, 2.24) is 4.98 Å². The van der Waals surface area contributed by atoms with E-state index in [2.05, 4.69) is 10.3 Å². The minimum Gasteiger partial charge on any atom is -0.370 e. The molecule has 0 saturated heterocycles. The predicted octanol–water partition coefficient (Wildman–Crippen LogP) is 2.12. The number of pyridine rings is 1. The molecule has 0 saturated carbocycles. The van der Waals surface area contributed by atoms with Gasteiger partial charge in [-0.1, -0.05) is 0 Å². The molecule has 1 N–H and O–H groups in total. The lowest BCUT2D eigenvalue weighted by atomic mass is 10.3. The van der Waals surface area contributed by atoms with Gasteiger partial charge in [-0.05, 0) is 13.0 Å². The molecular formula is C10H14F2N4O2. The van der Waals surface area contributed by atoms with Gasteiger partial charge in [-0.15, -0.1) is 0 Å². The van der Waals surface area contributed by atoms with Crippen molar-refractivity contribution in [3.8, 4) is 0 Å². The highest BCUT2D eigenvalue weighted by Crippen LogP contribution is 2.27. The molecular weight excluding hydrogens is 246 g/mol. The lowest BCUT2D eigenvalue weighted by molar-refractivity contribution is -0.384. The molecule has 1 aromatic heterocycles. The average Bonchev–Trinajstić information content (AvgIpc) is 2.28. The summed E-state index contributed by atoms with van der Waals surface area (Å²) < 4.78 is 24.6. The Morgan fingerprint density at radius 2 is 2.22 bits per heavy atom. The van der Waals surface area contributed by atoms with E-state index in [1.807, 2.05) is 6.92 Å². The van der Waals surface area contributed by atoms with Crippen molar-refractivity contribution in [2.75, 3.05) is 30.4 Å². The summed E-state index contributed by atoms with van der Waals surface area (Å²) in [7, 11) is 1.34. The quantitative estimate of drug-likeness (QED) is 0.626. The number of rotatable bonds is 6. The van der Waals surface area contributed by atoms with E-state index >= 15 is 0 Å². The number of hydrogen-bond donors (Lipinski definition) is 1. The Morgan fingerprint density at radius 1 is 1.56 bits per heavy atom. The lowest BCUT2D eigenvalue weighted by Gasteiger charge is -2.18. The van der Waals surface area contributed by atoms with Crippen molar-refractivity contribution in [2.45, 2.75) is 13.3 Å². The zero-order valence-corrected chi connectivity index (χ0v) is 10.1. The van der Waals surface area contributed by atoms with Gasteiger partial charge in [-0.25, -0.2) is 13.8 Å². The van der Waals surface area contributed by atoms with E-state index in [9.17, 15) is 18.9 Å². The molecule has 0 fully saturated rings. The van der Waals surface area contributed by atoms with E-state index < -0.39 is 17.9 Å². The zero-order valence-electron chi connectivity index (χ0n) is 10.1. The highest BCUT2D eigenvalue weighted by atomic mass is 19.3. The third kappa shape index (κ3) is 3.51. The summed E-state index contributed by atoms with van der Waals surface area (Å²) in [4.78, 5) is 15.2. The van der Waals surface area contributed by atoms with Crippen molar-refractivity contribution >= 4 is 17.3 Å². The molecule has 0 aliphatic carbocycles. The van der Waals surface area contributed by atoms with Gasteiger partial charge in [0.15, 0.2) is 0 Å². The molecule has 0 bridgehead atoms. The summed E-state index contributed by atoms with van der Waals surface area (Å²) in [5.74, 6) is 0.345. The van der Waals surface area contributed by atoms with E-state index in [1.54, 1.807) is 0 Å². The summed E-state index contributed by atoms with van der Waals surface area (Å²) in [6.45, 7) is 1.82. The van der Waals surface area contributed by atoms with Crippen molar-refractivity contribution in [3.05, 3.63) is 22.2 Å². The molecule has 1 rings (SSSR count). The van der Waals surface area contributed by atoms with Crippen LogP contribution in [0.25, 0.3) is 0 Å². The van der Waals surface area contributed by atoms with E-state index in [1.165, 1.54) is 19.2 Å². The van der Waals surface area contributed by atoms with Crippen LogP contribution >= 0.6 is 0 Å². The first-order valence-corrected chi connectivity index (χ1v) is 5.34. The van der Waals surface area contributed by atoms with Crippen molar-refractivity contribution in [1.29, 1.82) is 0 Å². The SMILES string of the molecule is CCNc1ccc([N+](=O)[O-])c(N(C)CC(F)F)n1. The largest absolute Gasteiger partial charge is 0.370 e. The maximum Gasteiger partial charge on any atom is 0.311 e. The minimum atomic E-state index is -2.58. The molecule has 8 heteroatoms. The normalized spacial score (nSPS) is 10.5. The molecule has 0 amide bonds. The Morgan fingerprint density at radius 3 is 2.72 bits per heavy atom. The standard InChI is InChI=1S/C10H14F2N4O2/c1-3-13-9-5-4-7(16(17)18)10(14-9)15(2)6-8(11)12/h4-5,8H,3,6H2,1-2H3,(H,13,14). The van der Waals surface area contributed by atoms with Gasteiger partial charge in [-0.3, -0.25) is 10.1 Å². The summed E-state index contributed by atoms with van der Waals surface area (Å²) in [6, 6.07) is 2.70. The molecule has 6 nitrogen and oxygen atoms in total. The second kappa shape index (κ2) is 6.08. The van der Waals surface area contributed by atoms with Gasteiger partial charge < -0.3 is 10.2 Å². The van der Waals surface area contributed by atoms with Crippen molar-refractivity contribution < 1.29 is 13.7 Å². The number of anilines is 2. The molecule has 0 aromatic carbocycles. The zero-order chi connectivity index (χ0) is 13.7. The first-order valence-electron chi connectivity index (χ1n) is 5.34. The molecule has 0 aliphatic rings. The van der Waals surface area contributed by atoms with Gasteiger partial charge in [0.05, 0.1) is 11.5 Å². The topological polar surface area (TPSA) is 71.3 Å². The maximum absolute atomic E-state index is 12.3. The van der Waals surface area contributed by atoms with E-state index in [-0.39, 0.29) is 11.5 Å². The van der Waals surface area contributed by atoms with Crippen LogP contribution in [0.4, 0.5) is 26.1 Å². The molecule has 0 radical (unpaired) electrons. The van der Waals surface area contributed by atoms with Gasteiger partial charge in [0.1, 0.15) is 5.82 Å². The third-order valence-electron chi connectivity index (χ3n) is 2.18. The van der Waals surface area contributed by atoms with Crippen LogP contribution in [-0.4, -0.2) is 36.5 Å². The molecule has 0 atom stereocenters. The highest BCUT2D eigenvalue weighted by molar-refractivity contribution is 5.61. The monoisotopic (exact) mass is 260 g/mol. The van der Waals surface area contributed by atoms with Gasteiger partial charge in [0.2, 0.25) is 5.82 Å². The van der Waals surface area contributed by atoms with E-state index in [4.69, 9.17) is 0 Å². The number of aromatic nitrogens is 1. The third-order valence-corrected chi connectivity index (χ3v) is 2.18. The Labute approximate surface area is 103 Å². The second-order valence-electron chi connectivity index (χ2n) is 3.60. The van der Waals surface area contributed by atoms with Crippen LogP contribution in [0.3, 0.4) is 0 Å². The number of alkyl halides is 2. The molecule has 1 aromatic rings. The van der Waals surface area contributed by atoms with Crippen molar-refractivity contribution in [3.63, 3.8) is 0 Å².